The number of benzene rings is 1. The number of piperazine rings is 1. The first-order valence-corrected chi connectivity index (χ1v) is 15.0. The van der Waals surface area contributed by atoms with Crippen LogP contribution in [0.4, 0.5) is 16.3 Å². The van der Waals surface area contributed by atoms with Gasteiger partial charge >= 0.3 is 6.09 Å². The fraction of sp³-hybridized carbons (Fsp3) is 0.394. The van der Waals surface area contributed by atoms with Crippen LogP contribution in [0.5, 0.6) is 0 Å². The van der Waals surface area contributed by atoms with Gasteiger partial charge in [0.15, 0.2) is 0 Å². The van der Waals surface area contributed by atoms with Crippen LogP contribution in [0.3, 0.4) is 0 Å². The first-order valence-electron chi connectivity index (χ1n) is 15.0. The van der Waals surface area contributed by atoms with Crippen LogP contribution in [-0.2, 0) is 6.42 Å². The Morgan fingerprint density at radius 2 is 1.81 bits per heavy atom. The number of aryl methyl sites for hydroxylation is 2. The molecule has 4 heterocycles. The SMILES string of the molecule is CCCc1cc(C)[nH]c(=O)c1N(C)C(=O)c1cc(-c2ccc(N3CCN(C(=O)O)CC3)nc2)cc2c1ccn2C(C)CC. The van der Waals surface area contributed by atoms with E-state index in [2.05, 4.69) is 41.3 Å². The van der Waals surface area contributed by atoms with E-state index in [1.807, 2.05) is 43.5 Å². The molecule has 5 rings (SSSR count). The summed E-state index contributed by atoms with van der Waals surface area (Å²) < 4.78 is 2.19. The van der Waals surface area contributed by atoms with E-state index in [0.717, 1.165) is 51.9 Å². The molecule has 43 heavy (non-hydrogen) atoms. The zero-order valence-corrected chi connectivity index (χ0v) is 25.6. The van der Waals surface area contributed by atoms with Gasteiger partial charge < -0.3 is 29.4 Å². The van der Waals surface area contributed by atoms with Crippen molar-refractivity contribution in [3.05, 3.63) is 76.0 Å². The number of aromatic amines is 1. The van der Waals surface area contributed by atoms with Gasteiger partial charge in [0.05, 0.1) is 0 Å². The number of pyridine rings is 2. The molecule has 10 nitrogen and oxygen atoms in total. The summed E-state index contributed by atoms with van der Waals surface area (Å²) in [5.41, 5.74) is 4.93. The van der Waals surface area contributed by atoms with Crippen LogP contribution in [0.2, 0.25) is 0 Å². The Morgan fingerprint density at radius 1 is 1.07 bits per heavy atom. The van der Waals surface area contributed by atoms with Gasteiger partial charge in [-0.15, -0.1) is 0 Å². The highest BCUT2D eigenvalue weighted by molar-refractivity contribution is 6.15. The van der Waals surface area contributed by atoms with Crippen molar-refractivity contribution in [2.24, 2.45) is 0 Å². The highest BCUT2D eigenvalue weighted by Crippen LogP contribution is 2.33. The number of hydrogen-bond acceptors (Lipinski definition) is 5. The van der Waals surface area contributed by atoms with Crippen LogP contribution in [0.25, 0.3) is 22.0 Å². The van der Waals surface area contributed by atoms with Gasteiger partial charge in [-0.25, -0.2) is 9.78 Å². The fourth-order valence-electron chi connectivity index (χ4n) is 5.92. The van der Waals surface area contributed by atoms with E-state index in [0.29, 0.717) is 43.9 Å². The maximum Gasteiger partial charge on any atom is 0.407 e. The third kappa shape index (κ3) is 5.86. The highest BCUT2D eigenvalue weighted by atomic mass is 16.4. The fourth-order valence-corrected chi connectivity index (χ4v) is 5.92. The third-order valence-electron chi connectivity index (χ3n) is 8.47. The number of nitrogens with zero attached hydrogens (tertiary/aromatic N) is 5. The van der Waals surface area contributed by atoms with Gasteiger partial charge in [0, 0.05) is 79.4 Å². The number of rotatable bonds is 8. The van der Waals surface area contributed by atoms with Gasteiger partial charge in [-0.1, -0.05) is 20.3 Å². The summed E-state index contributed by atoms with van der Waals surface area (Å²) in [7, 11) is 1.67. The number of carbonyl (C=O) groups is 2. The summed E-state index contributed by atoms with van der Waals surface area (Å²) in [5.74, 6) is 0.539. The predicted molar refractivity (Wildman–Crippen MR) is 171 cm³/mol. The molecule has 4 aromatic rings. The molecule has 0 spiro atoms. The zero-order chi connectivity index (χ0) is 30.8. The zero-order valence-electron chi connectivity index (χ0n) is 25.6. The summed E-state index contributed by atoms with van der Waals surface area (Å²) in [6.45, 7) is 10.2. The minimum atomic E-state index is -0.898. The number of carbonyl (C=O) groups excluding carboxylic acids is 1. The Balaban J connectivity index is 1.55. The van der Waals surface area contributed by atoms with Crippen molar-refractivity contribution in [2.75, 3.05) is 43.0 Å². The molecule has 1 fully saturated rings. The summed E-state index contributed by atoms with van der Waals surface area (Å²) >= 11 is 0. The van der Waals surface area contributed by atoms with Crippen molar-refractivity contribution in [3.63, 3.8) is 0 Å². The van der Waals surface area contributed by atoms with Crippen LogP contribution < -0.4 is 15.4 Å². The quantitative estimate of drug-likeness (QED) is 0.275. The van der Waals surface area contributed by atoms with E-state index < -0.39 is 6.09 Å². The second-order valence-electron chi connectivity index (χ2n) is 11.4. The first kappa shape index (κ1) is 29.9. The monoisotopic (exact) mass is 584 g/mol. The minimum absolute atomic E-state index is 0.231. The predicted octanol–water partition coefficient (Wildman–Crippen LogP) is 5.70. The summed E-state index contributed by atoms with van der Waals surface area (Å²) in [4.78, 5) is 51.2. The van der Waals surface area contributed by atoms with Gasteiger partial charge in [0.1, 0.15) is 11.5 Å². The molecular formula is C33H40N6O4. The molecule has 0 saturated carbocycles. The highest BCUT2D eigenvalue weighted by Gasteiger charge is 2.25. The molecule has 10 heteroatoms. The molecular weight excluding hydrogens is 544 g/mol. The van der Waals surface area contributed by atoms with Crippen LogP contribution in [0, 0.1) is 6.92 Å². The number of hydrogen-bond donors (Lipinski definition) is 2. The summed E-state index contributed by atoms with van der Waals surface area (Å²) in [6, 6.07) is 12.1. The molecule has 0 bridgehead atoms. The van der Waals surface area contributed by atoms with Gasteiger partial charge in [-0.2, -0.15) is 0 Å². The lowest BCUT2D eigenvalue weighted by molar-refractivity contribution is 0.0994. The Bertz CT molecular complexity index is 1700. The molecule has 226 valence electrons. The lowest BCUT2D eigenvalue weighted by Gasteiger charge is -2.33. The molecule has 1 saturated heterocycles. The van der Waals surface area contributed by atoms with E-state index in [1.54, 1.807) is 13.2 Å². The normalized spacial score (nSPS) is 14.3. The van der Waals surface area contributed by atoms with Gasteiger partial charge in [0.2, 0.25) is 0 Å². The number of amides is 2. The van der Waals surface area contributed by atoms with E-state index >= 15 is 0 Å². The van der Waals surface area contributed by atoms with Crippen molar-refractivity contribution < 1.29 is 14.7 Å². The molecule has 1 aromatic carbocycles. The van der Waals surface area contributed by atoms with Crippen molar-refractivity contribution in [1.82, 2.24) is 19.4 Å². The van der Waals surface area contributed by atoms with Crippen molar-refractivity contribution in [2.45, 2.75) is 53.0 Å². The van der Waals surface area contributed by atoms with E-state index in [1.165, 1.54) is 9.80 Å². The number of nitrogens with one attached hydrogen (secondary N) is 1. The van der Waals surface area contributed by atoms with Gasteiger partial charge in [-0.05, 0) is 74.2 Å². The number of anilines is 2. The van der Waals surface area contributed by atoms with E-state index in [9.17, 15) is 19.5 Å². The lowest BCUT2D eigenvalue weighted by atomic mass is 9.99. The van der Waals surface area contributed by atoms with Crippen LogP contribution in [-0.4, -0.2) is 69.8 Å². The second kappa shape index (κ2) is 12.3. The Labute approximate surface area is 251 Å². The van der Waals surface area contributed by atoms with Crippen molar-refractivity contribution in [3.8, 4) is 11.1 Å². The summed E-state index contributed by atoms with van der Waals surface area (Å²) in [5, 5.41) is 10.1. The largest absolute Gasteiger partial charge is 0.465 e. The minimum Gasteiger partial charge on any atom is -0.465 e. The number of H-pyrrole nitrogens is 1. The first-order chi connectivity index (χ1) is 20.6. The van der Waals surface area contributed by atoms with Crippen molar-refractivity contribution >= 4 is 34.4 Å². The average Bonchev–Trinajstić information content (AvgIpc) is 3.44. The second-order valence-corrected chi connectivity index (χ2v) is 11.4. The maximum atomic E-state index is 14.2. The Morgan fingerprint density at radius 3 is 2.44 bits per heavy atom. The third-order valence-corrected chi connectivity index (χ3v) is 8.47. The van der Waals surface area contributed by atoms with Gasteiger partial charge in [-0.3, -0.25) is 9.59 Å². The molecule has 3 aromatic heterocycles. The van der Waals surface area contributed by atoms with Crippen LogP contribution in [0.1, 0.15) is 61.3 Å². The molecule has 1 aliphatic rings. The van der Waals surface area contributed by atoms with E-state index in [-0.39, 0.29) is 17.5 Å². The average molecular weight is 585 g/mol. The number of aromatic nitrogens is 3. The lowest BCUT2D eigenvalue weighted by Crippen LogP contribution is -2.48. The number of carboxylic acid groups (broad SMARTS) is 1. The van der Waals surface area contributed by atoms with E-state index in [4.69, 9.17) is 4.98 Å². The van der Waals surface area contributed by atoms with Gasteiger partial charge in [0.25, 0.3) is 11.5 Å². The standard InChI is InChI=1S/C33H40N6O4/c1-6-8-23-17-21(3)35-31(40)30(23)36(5)32(41)27-18-25(19-28-26(27)11-12-39(28)22(4)7-2)24-9-10-29(34-20-24)37-13-15-38(16-14-37)33(42)43/h9-12,17-20,22H,6-8,13-16H2,1-5H3,(H,35,40)(H,42,43). The molecule has 1 unspecified atom stereocenters. The molecule has 2 N–H and O–H groups in total. The van der Waals surface area contributed by atoms with Crippen LogP contribution in [0.15, 0.2) is 53.6 Å². The Hall–Kier alpha value is -4.60. The Kier molecular flexibility index (Phi) is 8.57. The van der Waals surface area contributed by atoms with Crippen molar-refractivity contribution in [1.29, 1.82) is 0 Å². The smallest absolute Gasteiger partial charge is 0.407 e. The molecule has 2 amide bonds. The summed E-state index contributed by atoms with van der Waals surface area (Å²) in [6.07, 6.45) is 5.41. The molecule has 1 aliphatic heterocycles. The molecule has 0 radical (unpaired) electrons. The molecule has 0 aliphatic carbocycles. The number of fused-ring (bicyclic) bond motifs is 1. The topological polar surface area (TPSA) is 115 Å². The maximum absolute atomic E-state index is 14.2. The molecule has 1 atom stereocenters. The van der Waals surface area contributed by atoms with Crippen LogP contribution >= 0.6 is 0 Å².